The molecule has 1 aromatic rings. The minimum atomic E-state index is -0.167. The fourth-order valence-corrected chi connectivity index (χ4v) is 1.55. The summed E-state index contributed by atoms with van der Waals surface area (Å²) >= 11 is 0. The Morgan fingerprint density at radius 2 is 1.79 bits per heavy atom. The van der Waals surface area contributed by atoms with E-state index < -0.39 is 0 Å². The van der Waals surface area contributed by atoms with Crippen LogP contribution < -0.4 is 5.32 Å². The van der Waals surface area contributed by atoms with Crippen LogP contribution in [-0.4, -0.2) is 13.1 Å². The Kier molecular flexibility index (Phi) is 4.08. The molecule has 1 atom stereocenters. The quantitative estimate of drug-likeness (QED) is 0.778. The number of nitrogens with one attached hydrogen (secondary N) is 1. The van der Waals surface area contributed by atoms with Gasteiger partial charge in [0.25, 0.3) is 0 Å². The fourth-order valence-electron chi connectivity index (χ4n) is 1.55. The molecule has 0 aromatic heterocycles. The molecule has 2 heteroatoms. The molecule has 1 nitrogen and oxygen atoms in total. The number of halogens is 1. The van der Waals surface area contributed by atoms with Crippen LogP contribution in [0.25, 0.3) is 0 Å². The second-order valence-corrected chi connectivity index (χ2v) is 3.97. The normalized spacial score (nSPS) is 13.2. The number of rotatable bonds is 4. The van der Waals surface area contributed by atoms with E-state index in [2.05, 4.69) is 19.2 Å². The Morgan fingerprint density at radius 1 is 1.21 bits per heavy atom. The Hall–Kier alpha value is -0.890. The van der Waals surface area contributed by atoms with Crippen LogP contribution in [0.3, 0.4) is 0 Å². The molecule has 0 amide bonds. The number of likely N-dealkylation sites (N-methyl/N-ethyl adjacent to an activating group) is 1. The van der Waals surface area contributed by atoms with Crippen molar-refractivity contribution < 1.29 is 4.39 Å². The Labute approximate surface area is 85.3 Å². The van der Waals surface area contributed by atoms with Crippen molar-refractivity contribution in [1.82, 2.24) is 5.32 Å². The van der Waals surface area contributed by atoms with E-state index in [1.165, 1.54) is 17.7 Å². The van der Waals surface area contributed by atoms with Gasteiger partial charge in [-0.15, -0.1) is 0 Å². The minimum absolute atomic E-state index is 0.167. The van der Waals surface area contributed by atoms with E-state index in [1.807, 2.05) is 19.2 Å². The van der Waals surface area contributed by atoms with Crippen LogP contribution in [0.2, 0.25) is 0 Å². The highest BCUT2D eigenvalue weighted by Crippen LogP contribution is 2.10. The maximum Gasteiger partial charge on any atom is 0.123 e. The average molecular weight is 195 g/mol. The van der Waals surface area contributed by atoms with Crippen LogP contribution >= 0.6 is 0 Å². The standard InChI is InChI=1S/C12H18FN/c1-9(2)12(14-3)8-10-4-6-11(13)7-5-10/h4-7,9,12,14H,8H2,1-3H3/t12-/m1/s1. The molecule has 0 radical (unpaired) electrons. The van der Waals surface area contributed by atoms with Crippen LogP contribution in [0, 0.1) is 11.7 Å². The molecule has 0 saturated carbocycles. The molecule has 1 aromatic carbocycles. The first kappa shape index (κ1) is 11.2. The van der Waals surface area contributed by atoms with Gasteiger partial charge in [-0.25, -0.2) is 4.39 Å². The van der Waals surface area contributed by atoms with Gasteiger partial charge in [-0.05, 0) is 37.1 Å². The first-order valence-electron chi connectivity index (χ1n) is 5.05. The molecule has 1 rings (SSSR count). The van der Waals surface area contributed by atoms with Gasteiger partial charge < -0.3 is 5.32 Å². The monoisotopic (exact) mass is 195 g/mol. The van der Waals surface area contributed by atoms with Crippen LogP contribution in [0.5, 0.6) is 0 Å². The second kappa shape index (κ2) is 5.11. The van der Waals surface area contributed by atoms with Gasteiger partial charge >= 0.3 is 0 Å². The SMILES string of the molecule is CN[C@H](Cc1ccc(F)cc1)C(C)C. The van der Waals surface area contributed by atoms with Gasteiger partial charge in [-0.3, -0.25) is 0 Å². The highest BCUT2D eigenvalue weighted by atomic mass is 19.1. The van der Waals surface area contributed by atoms with Crippen LogP contribution in [0.15, 0.2) is 24.3 Å². The molecule has 0 aliphatic rings. The molecule has 0 bridgehead atoms. The molecule has 78 valence electrons. The molecular formula is C12H18FN. The van der Waals surface area contributed by atoms with Crippen LogP contribution in [0.1, 0.15) is 19.4 Å². The number of hydrogen-bond donors (Lipinski definition) is 1. The maximum absolute atomic E-state index is 12.6. The molecule has 0 fully saturated rings. The van der Waals surface area contributed by atoms with Crippen LogP contribution in [-0.2, 0) is 6.42 Å². The van der Waals surface area contributed by atoms with Gasteiger partial charge in [0.15, 0.2) is 0 Å². The summed E-state index contributed by atoms with van der Waals surface area (Å²) in [4.78, 5) is 0. The van der Waals surface area contributed by atoms with Crippen molar-refractivity contribution in [2.24, 2.45) is 5.92 Å². The molecule has 0 aliphatic carbocycles. The topological polar surface area (TPSA) is 12.0 Å². The summed E-state index contributed by atoms with van der Waals surface area (Å²) in [6.45, 7) is 4.37. The molecule has 0 unspecified atom stereocenters. The summed E-state index contributed by atoms with van der Waals surface area (Å²) in [5, 5.41) is 3.27. The summed E-state index contributed by atoms with van der Waals surface area (Å²) in [6.07, 6.45) is 0.953. The first-order chi connectivity index (χ1) is 6.63. The Bertz CT molecular complexity index is 266. The second-order valence-electron chi connectivity index (χ2n) is 3.97. The van der Waals surface area contributed by atoms with Crippen molar-refractivity contribution in [3.8, 4) is 0 Å². The zero-order chi connectivity index (χ0) is 10.6. The van der Waals surface area contributed by atoms with E-state index in [0.717, 1.165) is 6.42 Å². The van der Waals surface area contributed by atoms with Crippen molar-refractivity contribution in [2.45, 2.75) is 26.3 Å². The lowest BCUT2D eigenvalue weighted by Gasteiger charge is -2.20. The zero-order valence-electron chi connectivity index (χ0n) is 9.05. The molecule has 0 spiro atoms. The minimum Gasteiger partial charge on any atom is -0.316 e. The van der Waals surface area contributed by atoms with E-state index >= 15 is 0 Å². The molecule has 0 heterocycles. The maximum atomic E-state index is 12.6. The molecule has 0 aliphatic heterocycles. The van der Waals surface area contributed by atoms with Crippen molar-refractivity contribution in [3.05, 3.63) is 35.6 Å². The summed E-state index contributed by atoms with van der Waals surface area (Å²) in [5.41, 5.74) is 1.18. The van der Waals surface area contributed by atoms with Gasteiger partial charge in [-0.2, -0.15) is 0 Å². The molecule has 1 N–H and O–H groups in total. The Morgan fingerprint density at radius 3 is 2.21 bits per heavy atom. The van der Waals surface area contributed by atoms with Gasteiger partial charge in [-0.1, -0.05) is 26.0 Å². The van der Waals surface area contributed by atoms with Crippen molar-refractivity contribution in [1.29, 1.82) is 0 Å². The zero-order valence-corrected chi connectivity index (χ0v) is 9.05. The van der Waals surface area contributed by atoms with E-state index in [1.54, 1.807) is 0 Å². The van der Waals surface area contributed by atoms with Gasteiger partial charge in [0.05, 0.1) is 0 Å². The van der Waals surface area contributed by atoms with Gasteiger partial charge in [0.2, 0.25) is 0 Å². The predicted molar refractivity (Wildman–Crippen MR) is 57.8 cm³/mol. The molecule has 14 heavy (non-hydrogen) atoms. The lowest BCUT2D eigenvalue weighted by molar-refractivity contribution is 0.424. The van der Waals surface area contributed by atoms with E-state index in [4.69, 9.17) is 0 Å². The third kappa shape index (κ3) is 3.11. The van der Waals surface area contributed by atoms with E-state index in [0.29, 0.717) is 12.0 Å². The smallest absolute Gasteiger partial charge is 0.123 e. The molecule has 0 saturated heterocycles. The first-order valence-corrected chi connectivity index (χ1v) is 5.05. The highest BCUT2D eigenvalue weighted by Gasteiger charge is 2.10. The number of benzene rings is 1. The van der Waals surface area contributed by atoms with Crippen molar-refractivity contribution in [2.75, 3.05) is 7.05 Å². The number of hydrogen-bond acceptors (Lipinski definition) is 1. The third-order valence-electron chi connectivity index (χ3n) is 2.54. The largest absolute Gasteiger partial charge is 0.316 e. The lowest BCUT2D eigenvalue weighted by Crippen LogP contribution is -2.32. The lowest BCUT2D eigenvalue weighted by atomic mass is 9.97. The summed E-state index contributed by atoms with van der Waals surface area (Å²) in [6, 6.07) is 7.19. The third-order valence-corrected chi connectivity index (χ3v) is 2.54. The molecular weight excluding hydrogens is 177 g/mol. The van der Waals surface area contributed by atoms with Crippen LogP contribution in [0.4, 0.5) is 4.39 Å². The summed E-state index contributed by atoms with van der Waals surface area (Å²) in [5.74, 6) is 0.421. The average Bonchev–Trinajstić information content (AvgIpc) is 2.16. The predicted octanol–water partition coefficient (Wildman–Crippen LogP) is 2.61. The summed E-state index contributed by atoms with van der Waals surface area (Å²) in [7, 11) is 1.97. The fraction of sp³-hybridized carbons (Fsp3) is 0.500. The summed E-state index contributed by atoms with van der Waals surface area (Å²) < 4.78 is 12.6. The highest BCUT2D eigenvalue weighted by molar-refractivity contribution is 5.17. The van der Waals surface area contributed by atoms with Gasteiger partial charge in [0, 0.05) is 6.04 Å². The van der Waals surface area contributed by atoms with E-state index in [-0.39, 0.29) is 5.82 Å². The Balaban J connectivity index is 2.63. The van der Waals surface area contributed by atoms with Crippen molar-refractivity contribution >= 4 is 0 Å². The van der Waals surface area contributed by atoms with Gasteiger partial charge in [0.1, 0.15) is 5.82 Å². The van der Waals surface area contributed by atoms with Crippen molar-refractivity contribution in [3.63, 3.8) is 0 Å². The van der Waals surface area contributed by atoms with E-state index in [9.17, 15) is 4.39 Å².